The zero-order chi connectivity index (χ0) is 14.1. The molecule has 1 N–H and O–H groups in total. The minimum absolute atomic E-state index is 0.111. The molecule has 1 aliphatic carbocycles. The van der Waals surface area contributed by atoms with Gasteiger partial charge in [0.15, 0.2) is 0 Å². The number of imidazole rings is 1. The van der Waals surface area contributed by atoms with Crippen molar-refractivity contribution in [3.05, 3.63) is 29.6 Å². The van der Waals surface area contributed by atoms with Crippen molar-refractivity contribution in [2.45, 2.75) is 45.1 Å². The summed E-state index contributed by atoms with van der Waals surface area (Å²) in [6, 6.07) is 6.12. The smallest absolute Gasteiger partial charge is 0.253 e. The molecule has 1 saturated carbocycles. The van der Waals surface area contributed by atoms with Gasteiger partial charge in [-0.15, -0.1) is 0 Å². The molecule has 2 aromatic rings. The molecule has 20 heavy (non-hydrogen) atoms. The summed E-state index contributed by atoms with van der Waals surface area (Å²) < 4.78 is 0. The molecule has 1 fully saturated rings. The van der Waals surface area contributed by atoms with E-state index in [0.29, 0.717) is 6.04 Å². The Morgan fingerprint density at radius 1 is 1.30 bits per heavy atom. The number of nitrogens with one attached hydrogen (secondary N) is 1. The monoisotopic (exact) mass is 271 g/mol. The molecule has 0 aliphatic heterocycles. The van der Waals surface area contributed by atoms with E-state index in [-0.39, 0.29) is 5.91 Å². The second kappa shape index (κ2) is 5.27. The maximum atomic E-state index is 12.6. The third-order valence-electron chi connectivity index (χ3n) is 4.29. The second-order valence-electron chi connectivity index (χ2n) is 5.76. The summed E-state index contributed by atoms with van der Waals surface area (Å²) in [5.41, 5.74) is 2.59. The molecular weight excluding hydrogens is 250 g/mol. The van der Waals surface area contributed by atoms with Gasteiger partial charge < -0.3 is 9.88 Å². The Morgan fingerprint density at radius 3 is 2.80 bits per heavy atom. The van der Waals surface area contributed by atoms with E-state index >= 15 is 0 Å². The summed E-state index contributed by atoms with van der Waals surface area (Å²) in [6.45, 7) is 1.93. The zero-order valence-corrected chi connectivity index (χ0v) is 12.1. The van der Waals surface area contributed by atoms with Crippen molar-refractivity contribution >= 4 is 16.9 Å². The predicted octanol–water partition coefficient (Wildman–Crippen LogP) is 3.28. The number of rotatable bonds is 2. The number of carbonyl (C=O) groups excluding carboxylic acids is 1. The second-order valence-corrected chi connectivity index (χ2v) is 5.76. The number of carbonyl (C=O) groups is 1. The highest BCUT2D eigenvalue weighted by Crippen LogP contribution is 2.23. The Bertz CT molecular complexity index is 626. The lowest BCUT2D eigenvalue weighted by Gasteiger charge is -2.31. The molecule has 1 aromatic carbocycles. The van der Waals surface area contributed by atoms with Gasteiger partial charge in [0.25, 0.3) is 5.91 Å². The van der Waals surface area contributed by atoms with Gasteiger partial charge in [0.1, 0.15) is 5.82 Å². The molecular formula is C16H21N3O. The standard InChI is InChI=1S/C16H21N3O/c1-11-17-14-9-8-12(10-15(14)18-11)16(20)19(2)13-6-4-3-5-7-13/h8-10,13H,3-7H2,1-2H3,(H,17,18). The van der Waals surface area contributed by atoms with Crippen LogP contribution >= 0.6 is 0 Å². The van der Waals surface area contributed by atoms with Crippen molar-refractivity contribution in [3.8, 4) is 0 Å². The third kappa shape index (κ3) is 2.42. The van der Waals surface area contributed by atoms with Gasteiger partial charge in [0.05, 0.1) is 11.0 Å². The van der Waals surface area contributed by atoms with E-state index in [2.05, 4.69) is 9.97 Å². The van der Waals surface area contributed by atoms with Crippen LogP contribution in [0.25, 0.3) is 11.0 Å². The lowest BCUT2D eigenvalue weighted by molar-refractivity contribution is 0.0696. The van der Waals surface area contributed by atoms with E-state index < -0.39 is 0 Å². The molecule has 0 atom stereocenters. The molecule has 1 aliphatic rings. The molecule has 1 aromatic heterocycles. The predicted molar refractivity (Wildman–Crippen MR) is 79.8 cm³/mol. The number of hydrogen-bond donors (Lipinski definition) is 1. The molecule has 0 radical (unpaired) electrons. The summed E-state index contributed by atoms with van der Waals surface area (Å²) in [7, 11) is 1.93. The Hall–Kier alpha value is -1.84. The lowest BCUT2D eigenvalue weighted by atomic mass is 9.94. The number of H-pyrrole nitrogens is 1. The van der Waals surface area contributed by atoms with Crippen molar-refractivity contribution < 1.29 is 4.79 Å². The van der Waals surface area contributed by atoms with Gasteiger partial charge in [0.2, 0.25) is 0 Å². The Kier molecular flexibility index (Phi) is 3.47. The van der Waals surface area contributed by atoms with Gasteiger partial charge in [-0.1, -0.05) is 19.3 Å². The Morgan fingerprint density at radius 2 is 2.05 bits per heavy atom. The van der Waals surface area contributed by atoms with Crippen LogP contribution < -0.4 is 0 Å². The van der Waals surface area contributed by atoms with Crippen LogP contribution in [-0.2, 0) is 0 Å². The van der Waals surface area contributed by atoms with E-state index in [1.807, 2.05) is 37.1 Å². The van der Waals surface area contributed by atoms with Crippen molar-refractivity contribution in [2.24, 2.45) is 0 Å². The molecule has 0 saturated heterocycles. The minimum Gasteiger partial charge on any atom is -0.342 e. The molecule has 106 valence electrons. The summed E-state index contributed by atoms with van der Waals surface area (Å²) in [5.74, 6) is 0.990. The number of fused-ring (bicyclic) bond motifs is 1. The number of aromatic amines is 1. The molecule has 0 spiro atoms. The van der Waals surface area contributed by atoms with Gasteiger partial charge in [-0.25, -0.2) is 4.98 Å². The topological polar surface area (TPSA) is 49.0 Å². The number of aryl methyl sites for hydroxylation is 1. The first kappa shape index (κ1) is 13.2. The fourth-order valence-electron chi connectivity index (χ4n) is 3.10. The van der Waals surface area contributed by atoms with Crippen LogP contribution in [0.5, 0.6) is 0 Å². The lowest BCUT2D eigenvalue weighted by Crippen LogP contribution is -2.38. The molecule has 1 heterocycles. The molecule has 1 amide bonds. The third-order valence-corrected chi connectivity index (χ3v) is 4.29. The SMILES string of the molecule is Cc1nc2cc(C(=O)N(C)C3CCCCC3)ccc2[nH]1. The highest BCUT2D eigenvalue weighted by molar-refractivity contribution is 5.97. The maximum Gasteiger partial charge on any atom is 0.253 e. The van der Waals surface area contributed by atoms with Crippen molar-refractivity contribution in [1.82, 2.24) is 14.9 Å². The molecule has 0 bridgehead atoms. The van der Waals surface area contributed by atoms with E-state index in [9.17, 15) is 4.79 Å². The average molecular weight is 271 g/mol. The molecule has 0 unspecified atom stereocenters. The van der Waals surface area contributed by atoms with Crippen LogP contribution in [0.4, 0.5) is 0 Å². The highest BCUT2D eigenvalue weighted by atomic mass is 16.2. The normalized spacial score (nSPS) is 16.5. The van der Waals surface area contributed by atoms with Gasteiger partial charge in [0, 0.05) is 18.7 Å². The largest absolute Gasteiger partial charge is 0.342 e. The van der Waals surface area contributed by atoms with Crippen molar-refractivity contribution in [3.63, 3.8) is 0 Å². The summed E-state index contributed by atoms with van der Waals surface area (Å²) in [6.07, 6.45) is 6.04. The van der Waals surface area contributed by atoms with E-state index in [4.69, 9.17) is 0 Å². The van der Waals surface area contributed by atoms with Crippen LogP contribution in [0.1, 0.15) is 48.3 Å². The van der Waals surface area contributed by atoms with E-state index in [1.165, 1.54) is 19.3 Å². The van der Waals surface area contributed by atoms with E-state index in [1.54, 1.807) is 0 Å². The number of nitrogens with zero attached hydrogens (tertiary/aromatic N) is 2. The number of aromatic nitrogens is 2. The number of hydrogen-bond acceptors (Lipinski definition) is 2. The van der Waals surface area contributed by atoms with Gasteiger partial charge >= 0.3 is 0 Å². The van der Waals surface area contributed by atoms with Crippen molar-refractivity contribution in [2.75, 3.05) is 7.05 Å². The zero-order valence-electron chi connectivity index (χ0n) is 12.1. The first-order chi connectivity index (χ1) is 9.65. The number of benzene rings is 1. The van der Waals surface area contributed by atoms with Gasteiger partial charge in [-0.05, 0) is 38.0 Å². The van der Waals surface area contributed by atoms with E-state index in [0.717, 1.165) is 35.3 Å². The molecule has 4 nitrogen and oxygen atoms in total. The van der Waals surface area contributed by atoms with Gasteiger partial charge in [-0.3, -0.25) is 4.79 Å². The first-order valence-corrected chi connectivity index (χ1v) is 7.38. The Labute approximate surface area is 119 Å². The van der Waals surface area contributed by atoms with Crippen LogP contribution in [-0.4, -0.2) is 33.9 Å². The quantitative estimate of drug-likeness (QED) is 0.911. The van der Waals surface area contributed by atoms with Crippen LogP contribution in [0.3, 0.4) is 0 Å². The summed E-state index contributed by atoms with van der Waals surface area (Å²) >= 11 is 0. The minimum atomic E-state index is 0.111. The van der Waals surface area contributed by atoms with Crippen molar-refractivity contribution in [1.29, 1.82) is 0 Å². The van der Waals surface area contributed by atoms with Crippen LogP contribution in [0, 0.1) is 6.92 Å². The van der Waals surface area contributed by atoms with Gasteiger partial charge in [-0.2, -0.15) is 0 Å². The summed E-state index contributed by atoms with van der Waals surface area (Å²) in [4.78, 5) is 22.1. The highest BCUT2D eigenvalue weighted by Gasteiger charge is 2.23. The average Bonchev–Trinajstić information content (AvgIpc) is 2.85. The summed E-state index contributed by atoms with van der Waals surface area (Å²) in [5, 5.41) is 0. The fraction of sp³-hybridized carbons (Fsp3) is 0.500. The van der Waals surface area contributed by atoms with Crippen LogP contribution in [0.2, 0.25) is 0 Å². The fourth-order valence-corrected chi connectivity index (χ4v) is 3.10. The number of amides is 1. The Balaban J connectivity index is 1.83. The first-order valence-electron chi connectivity index (χ1n) is 7.38. The molecule has 4 heteroatoms. The molecule has 3 rings (SSSR count). The van der Waals surface area contributed by atoms with Crippen LogP contribution in [0.15, 0.2) is 18.2 Å². The maximum absolute atomic E-state index is 12.6.